The van der Waals surface area contributed by atoms with Crippen LogP contribution in [0, 0.1) is 0 Å². The van der Waals surface area contributed by atoms with Gasteiger partial charge in [0.25, 0.3) is 0 Å². The SMILES string of the molecule is O=C(O)c1cccc(S(=O)(=O)Cc2sccc2Br)c1. The van der Waals surface area contributed by atoms with E-state index in [0.29, 0.717) is 4.88 Å². The van der Waals surface area contributed by atoms with Crippen molar-refractivity contribution in [3.8, 4) is 0 Å². The van der Waals surface area contributed by atoms with E-state index in [1.54, 1.807) is 11.4 Å². The first-order valence-electron chi connectivity index (χ1n) is 5.18. The minimum absolute atomic E-state index is 0.0210. The summed E-state index contributed by atoms with van der Waals surface area (Å²) in [4.78, 5) is 11.6. The van der Waals surface area contributed by atoms with Gasteiger partial charge in [-0.15, -0.1) is 11.3 Å². The van der Waals surface area contributed by atoms with Gasteiger partial charge < -0.3 is 5.11 Å². The van der Waals surface area contributed by atoms with Crippen molar-refractivity contribution in [1.29, 1.82) is 0 Å². The van der Waals surface area contributed by atoms with E-state index < -0.39 is 15.8 Å². The second kappa shape index (κ2) is 5.44. The first-order valence-corrected chi connectivity index (χ1v) is 8.50. The third-order valence-corrected chi connectivity index (χ3v) is 6.20. The molecule has 1 aromatic heterocycles. The number of hydrogen-bond donors (Lipinski definition) is 1. The van der Waals surface area contributed by atoms with E-state index in [0.717, 1.165) is 4.47 Å². The lowest BCUT2D eigenvalue weighted by molar-refractivity contribution is 0.0696. The Morgan fingerprint density at radius 2 is 2.05 bits per heavy atom. The Balaban J connectivity index is 2.37. The van der Waals surface area contributed by atoms with Crippen LogP contribution in [0.5, 0.6) is 0 Å². The molecule has 0 bridgehead atoms. The van der Waals surface area contributed by atoms with Crippen LogP contribution in [0.4, 0.5) is 0 Å². The van der Waals surface area contributed by atoms with Gasteiger partial charge in [0.2, 0.25) is 0 Å². The van der Waals surface area contributed by atoms with Crippen LogP contribution in [0.3, 0.4) is 0 Å². The minimum Gasteiger partial charge on any atom is -0.478 e. The molecule has 2 rings (SSSR count). The van der Waals surface area contributed by atoms with Crippen LogP contribution in [0.2, 0.25) is 0 Å². The van der Waals surface area contributed by atoms with Gasteiger partial charge in [0.05, 0.1) is 16.2 Å². The molecule has 0 aliphatic rings. The van der Waals surface area contributed by atoms with Crippen molar-refractivity contribution in [3.05, 3.63) is 50.6 Å². The molecule has 4 nitrogen and oxygen atoms in total. The number of thiophene rings is 1. The van der Waals surface area contributed by atoms with Gasteiger partial charge in [0.15, 0.2) is 9.84 Å². The molecule has 1 N–H and O–H groups in total. The lowest BCUT2D eigenvalue weighted by Crippen LogP contribution is -2.06. The van der Waals surface area contributed by atoms with Crippen molar-refractivity contribution in [3.63, 3.8) is 0 Å². The van der Waals surface area contributed by atoms with Crippen LogP contribution >= 0.6 is 27.3 Å². The van der Waals surface area contributed by atoms with Gasteiger partial charge in [0.1, 0.15) is 0 Å². The number of sulfone groups is 1. The molecule has 0 aliphatic heterocycles. The van der Waals surface area contributed by atoms with Crippen molar-refractivity contribution < 1.29 is 18.3 Å². The molecule has 0 amide bonds. The number of carbonyl (C=O) groups is 1. The van der Waals surface area contributed by atoms with E-state index >= 15 is 0 Å². The first-order chi connectivity index (χ1) is 8.90. The van der Waals surface area contributed by atoms with Crippen LogP contribution < -0.4 is 0 Å². The zero-order chi connectivity index (χ0) is 14.0. The number of carboxylic acid groups (broad SMARTS) is 1. The van der Waals surface area contributed by atoms with Gasteiger partial charge in [0, 0.05) is 9.35 Å². The topological polar surface area (TPSA) is 71.4 Å². The summed E-state index contributed by atoms with van der Waals surface area (Å²) < 4.78 is 25.2. The molecule has 0 saturated carbocycles. The summed E-state index contributed by atoms with van der Waals surface area (Å²) in [5.74, 6) is -1.29. The normalized spacial score (nSPS) is 11.4. The van der Waals surface area contributed by atoms with Gasteiger partial charge in [-0.1, -0.05) is 6.07 Å². The Kier molecular flexibility index (Phi) is 4.07. The Bertz CT molecular complexity index is 719. The molecular weight excluding hydrogens is 352 g/mol. The van der Waals surface area contributed by atoms with E-state index in [2.05, 4.69) is 15.9 Å². The van der Waals surface area contributed by atoms with Gasteiger partial charge in [-0.2, -0.15) is 0 Å². The van der Waals surface area contributed by atoms with E-state index in [1.807, 2.05) is 0 Å². The minimum atomic E-state index is -3.54. The molecule has 19 heavy (non-hydrogen) atoms. The fraction of sp³-hybridized carbons (Fsp3) is 0.0833. The van der Waals surface area contributed by atoms with Crippen LogP contribution in [0.25, 0.3) is 0 Å². The number of rotatable bonds is 4. The van der Waals surface area contributed by atoms with Crippen molar-refractivity contribution in [2.75, 3.05) is 0 Å². The highest BCUT2D eigenvalue weighted by Crippen LogP contribution is 2.27. The van der Waals surface area contributed by atoms with Gasteiger partial charge in [-0.25, -0.2) is 13.2 Å². The second-order valence-electron chi connectivity index (χ2n) is 3.78. The van der Waals surface area contributed by atoms with E-state index in [4.69, 9.17) is 5.11 Å². The molecule has 0 unspecified atom stereocenters. The molecule has 1 aromatic carbocycles. The van der Waals surface area contributed by atoms with E-state index in [-0.39, 0.29) is 16.2 Å². The summed E-state index contributed by atoms with van der Waals surface area (Å²) in [5.41, 5.74) is -0.0358. The molecule has 0 fully saturated rings. The Morgan fingerprint density at radius 1 is 1.32 bits per heavy atom. The largest absolute Gasteiger partial charge is 0.478 e. The lowest BCUT2D eigenvalue weighted by atomic mass is 10.2. The van der Waals surface area contributed by atoms with Crippen molar-refractivity contribution in [2.24, 2.45) is 0 Å². The van der Waals surface area contributed by atoms with Crippen LogP contribution in [0.15, 0.2) is 45.1 Å². The fourth-order valence-corrected chi connectivity index (χ4v) is 4.97. The van der Waals surface area contributed by atoms with Crippen molar-refractivity contribution in [1.82, 2.24) is 0 Å². The summed E-state index contributed by atoms with van der Waals surface area (Å²) in [6, 6.07) is 7.16. The number of benzene rings is 1. The Labute approximate surface area is 122 Å². The smallest absolute Gasteiger partial charge is 0.335 e. The zero-order valence-electron chi connectivity index (χ0n) is 9.54. The standard InChI is InChI=1S/C12H9BrO4S2/c13-10-4-5-18-11(10)7-19(16,17)9-3-1-2-8(6-9)12(14)15/h1-6H,7H2,(H,14,15). The maximum absolute atomic E-state index is 12.2. The third-order valence-electron chi connectivity index (χ3n) is 2.45. The van der Waals surface area contributed by atoms with Gasteiger partial charge in [-0.05, 0) is 45.6 Å². The lowest BCUT2D eigenvalue weighted by Gasteiger charge is -2.04. The van der Waals surface area contributed by atoms with Crippen LogP contribution in [0.1, 0.15) is 15.2 Å². The van der Waals surface area contributed by atoms with Gasteiger partial charge >= 0.3 is 5.97 Å². The number of halogens is 1. The average Bonchev–Trinajstić information content (AvgIpc) is 2.74. The highest BCUT2D eigenvalue weighted by molar-refractivity contribution is 9.10. The van der Waals surface area contributed by atoms with Crippen molar-refractivity contribution >= 4 is 43.1 Å². The highest BCUT2D eigenvalue weighted by Gasteiger charge is 2.19. The number of carboxylic acids is 1. The van der Waals surface area contributed by atoms with E-state index in [1.165, 1.54) is 35.6 Å². The van der Waals surface area contributed by atoms with Crippen molar-refractivity contribution in [2.45, 2.75) is 10.6 Å². The fourth-order valence-electron chi connectivity index (χ4n) is 1.51. The molecule has 0 aliphatic carbocycles. The predicted octanol–water partition coefficient (Wildman–Crippen LogP) is 3.18. The molecule has 0 saturated heterocycles. The summed E-state index contributed by atoms with van der Waals surface area (Å²) in [6.45, 7) is 0. The number of aromatic carboxylic acids is 1. The van der Waals surface area contributed by atoms with Crippen LogP contribution in [-0.4, -0.2) is 19.5 Å². The molecule has 0 atom stereocenters. The monoisotopic (exact) mass is 360 g/mol. The molecular formula is C12H9BrO4S2. The van der Waals surface area contributed by atoms with Gasteiger partial charge in [-0.3, -0.25) is 0 Å². The molecule has 1 heterocycles. The third kappa shape index (κ3) is 3.23. The summed E-state index contributed by atoms with van der Waals surface area (Å²) in [7, 11) is -3.54. The molecule has 0 radical (unpaired) electrons. The Morgan fingerprint density at radius 3 is 2.63 bits per heavy atom. The summed E-state index contributed by atoms with van der Waals surface area (Å²) in [6.07, 6.45) is 0. The Hall–Kier alpha value is -1.18. The van der Waals surface area contributed by atoms with E-state index in [9.17, 15) is 13.2 Å². The maximum Gasteiger partial charge on any atom is 0.335 e. The quantitative estimate of drug-likeness (QED) is 0.908. The second-order valence-corrected chi connectivity index (χ2v) is 7.63. The molecule has 100 valence electrons. The molecule has 0 spiro atoms. The molecule has 7 heteroatoms. The first kappa shape index (κ1) is 14.2. The molecule has 2 aromatic rings. The zero-order valence-corrected chi connectivity index (χ0v) is 12.8. The van der Waals surface area contributed by atoms with Crippen LogP contribution in [-0.2, 0) is 15.6 Å². The summed E-state index contributed by atoms with van der Waals surface area (Å²) >= 11 is 4.62. The summed E-state index contributed by atoms with van der Waals surface area (Å²) in [5, 5.41) is 10.7. The number of hydrogen-bond acceptors (Lipinski definition) is 4. The highest BCUT2D eigenvalue weighted by atomic mass is 79.9. The average molecular weight is 361 g/mol. The predicted molar refractivity (Wildman–Crippen MR) is 76.3 cm³/mol. The maximum atomic E-state index is 12.2.